The summed E-state index contributed by atoms with van der Waals surface area (Å²) >= 11 is 0. The van der Waals surface area contributed by atoms with Crippen LogP contribution in [0.25, 0.3) is 0 Å². The Labute approximate surface area is 189 Å². The average molecular weight is 421 g/mol. The van der Waals surface area contributed by atoms with Crippen molar-refractivity contribution in [3.8, 4) is 0 Å². The minimum absolute atomic E-state index is 0.400. The topological polar surface area (TPSA) is 39.3 Å². The van der Waals surface area contributed by atoms with E-state index in [0.29, 0.717) is 18.5 Å². The molecule has 1 heterocycles. The lowest BCUT2D eigenvalue weighted by atomic mass is 9.99. The first-order valence-electron chi connectivity index (χ1n) is 11.6. The molecule has 0 aromatic heterocycles. The standard InChI is InChI=1S/C27H40N4/c1-7-25(30-27-13-11-19(2)15-21(27)4)17-28-23(6)29-26-9-8-14-31(18-26)22(5)24-12-10-20(3)16-24/h7,11,13,15,24,26,28-30H,3,5-6,8-10,12,14,16-18H2,1-2,4H3/b25-7-. The second-order valence-electron chi connectivity index (χ2n) is 9.20. The summed E-state index contributed by atoms with van der Waals surface area (Å²) in [5.41, 5.74) is 7.50. The van der Waals surface area contributed by atoms with Crippen LogP contribution in [0.4, 0.5) is 5.69 Å². The van der Waals surface area contributed by atoms with E-state index in [0.717, 1.165) is 43.1 Å². The van der Waals surface area contributed by atoms with Gasteiger partial charge in [-0.3, -0.25) is 0 Å². The summed E-state index contributed by atoms with van der Waals surface area (Å²) in [7, 11) is 0. The van der Waals surface area contributed by atoms with Crippen molar-refractivity contribution in [1.29, 1.82) is 0 Å². The molecule has 0 spiro atoms. The summed E-state index contributed by atoms with van der Waals surface area (Å²) in [4.78, 5) is 2.48. The minimum Gasteiger partial charge on any atom is -0.373 e. The average Bonchev–Trinajstić information content (AvgIpc) is 3.18. The number of hydrogen-bond acceptors (Lipinski definition) is 4. The van der Waals surface area contributed by atoms with Crippen LogP contribution < -0.4 is 16.0 Å². The summed E-state index contributed by atoms with van der Waals surface area (Å²) in [6.45, 7) is 22.0. The highest BCUT2D eigenvalue weighted by Gasteiger charge is 2.27. The van der Waals surface area contributed by atoms with Crippen LogP contribution in [0.1, 0.15) is 50.2 Å². The highest BCUT2D eigenvalue weighted by atomic mass is 15.2. The van der Waals surface area contributed by atoms with Gasteiger partial charge in [0.05, 0.1) is 12.4 Å². The van der Waals surface area contributed by atoms with Crippen LogP contribution in [0.3, 0.4) is 0 Å². The Hall–Kier alpha value is -2.62. The molecule has 1 saturated heterocycles. The Bertz CT molecular complexity index is 851. The van der Waals surface area contributed by atoms with E-state index < -0.39 is 0 Å². The normalized spacial score (nSPS) is 21.7. The largest absolute Gasteiger partial charge is 0.373 e. The van der Waals surface area contributed by atoms with Crippen molar-refractivity contribution >= 4 is 5.69 Å². The van der Waals surface area contributed by atoms with Crippen LogP contribution >= 0.6 is 0 Å². The fourth-order valence-electron chi connectivity index (χ4n) is 4.67. The van der Waals surface area contributed by atoms with Gasteiger partial charge < -0.3 is 20.9 Å². The fraction of sp³-hybridized carbons (Fsp3) is 0.481. The monoisotopic (exact) mass is 420 g/mol. The summed E-state index contributed by atoms with van der Waals surface area (Å²) in [6, 6.07) is 6.88. The van der Waals surface area contributed by atoms with E-state index >= 15 is 0 Å². The zero-order valence-corrected chi connectivity index (χ0v) is 19.7. The van der Waals surface area contributed by atoms with Crippen molar-refractivity contribution in [3.05, 3.63) is 77.9 Å². The first-order chi connectivity index (χ1) is 14.9. The van der Waals surface area contributed by atoms with Crippen molar-refractivity contribution < 1.29 is 0 Å². The number of aryl methyl sites for hydroxylation is 2. The maximum Gasteiger partial charge on any atom is 0.0918 e. The van der Waals surface area contributed by atoms with Gasteiger partial charge in [0.1, 0.15) is 0 Å². The molecule has 2 unspecified atom stereocenters. The molecule has 2 fully saturated rings. The molecule has 1 saturated carbocycles. The van der Waals surface area contributed by atoms with Gasteiger partial charge in [0.15, 0.2) is 0 Å². The zero-order valence-electron chi connectivity index (χ0n) is 19.7. The number of benzene rings is 1. The maximum absolute atomic E-state index is 4.43. The van der Waals surface area contributed by atoms with Crippen molar-refractivity contribution in [1.82, 2.24) is 15.5 Å². The predicted molar refractivity (Wildman–Crippen MR) is 134 cm³/mol. The number of piperidine rings is 1. The molecule has 4 nitrogen and oxygen atoms in total. The number of likely N-dealkylation sites (tertiary alicyclic amines) is 1. The third-order valence-electron chi connectivity index (χ3n) is 6.58. The van der Waals surface area contributed by atoms with Crippen molar-refractivity contribution in [2.24, 2.45) is 5.92 Å². The molecule has 0 bridgehead atoms. The molecule has 1 aromatic rings. The Morgan fingerprint density at radius 1 is 1.23 bits per heavy atom. The second kappa shape index (κ2) is 10.6. The number of hydrogen-bond donors (Lipinski definition) is 3. The van der Waals surface area contributed by atoms with Gasteiger partial charge >= 0.3 is 0 Å². The molecule has 31 heavy (non-hydrogen) atoms. The molecule has 168 valence electrons. The van der Waals surface area contributed by atoms with Gasteiger partial charge in [-0.1, -0.05) is 49.1 Å². The third-order valence-corrected chi connectivity index (χ3v) is 6.58. The van der Waals surface area contributed by atoms with E-state index in [2.05, 4.69) is 85.6 Å². The van der Waals surface area contributed by atoms with E-state index in [1.54, 1.807) is 0 Å². The van der Waals surface area contributed by atoms with Gasteiger partial charge in [-0.05, 0) is 64.5 Å². The number of anilines is 1. The van der Waals surface area contributed by atoms with E-state index in [1.165, 1.54) is 41.7 Å². The van der Waals surface area contributed by atoms with Crippen molar-refractivity contribution in [2.45, 2.75) is 58.9 Å². The molecule has 1 aromatic carbocycles. The minimum atomic E-state index is 0.400. The highest BCUT2D eigenvalue weighted by molar-refractivity contribution is 5.55. The SMILES string of the molecule is C=C1CCC(C(=C)N2CCCC(NC(=C)NC/C(=C/C)Nc3ccc(C)cc3C)C2)C1. The molecule has 0 radical (unpaired) electrons. The molecule has 3 N–H and O–H groups in total. The molecule has 1 aliphatic carbocycles. The van der Waals surface area contributed by atoms with Crippen molar-refractivity contribution in [2.75, 3.05) is 25.0 Å². The van der Waals surface area contributed by atoms with Crippen molar-refractivity contribution in [3.63, 3.8) is 0 Å². The first-order valence-corrected chi connectivity index (χ1v) is 11.6. The maximum atomic E-state index is 4.43. The van der Waals surface area contributed by atoms with Crippen LogP contribution in [0.5, 0.6) is 0 Å². The zero-order chi connectivity index (χ0) is 22.4. The molecular formula is C27H40N4. The summed E-state index contributed by atoms with van der Waals surface area (Å²) in [5.74, 6) is 1.47. The second-order valence-corrected chi connectivity index (χ2v) is 9.20. The van der Waals surface area contributed by atoms with Crippen LogP contribution in [0.15, 0.2) is 66.8 Å². The van der Waals surface area contributed by atoms with Gasteiger partial charge in [-0.2, -0.15) is 0 Å². The van der Waals surface area contributed by atoms with E-state index in [4.69, 9.17) is 0 Å². The number of rotatable bonds is 9. The Morgan fingerprint density at radius 3 is 2.71 bits per heavy atom. The van der Waals surface area contributed by atoms with Gasteiger partial charge in [0.2, 0.25) is 0 Å². The summed E-state index contributed by atoms with van der Waals surface area (Å²) in [5, 5.41) is 10.6. The van der Waals surface area contributed by atoms with E-state index in [-0.39, 0.29) is 0 Å². The molecule has 2 atom stereocenters. The number of nitrogens with zero attached hydrogens (tertiary/aromatic N) is 1. The lowest BCUT2D eigenvalue weighted by Gasteiger charge is -2.38. The van der Waals surface area contributed by atoms with E-state index in [9.17, 15) is 0 Å². The van der Waals surface area contributed by atoms with Gasteiger partial charge in [0.25, 0.3) is 0 Å². The third kappa shape index (κ3) is 6.43. The van der Waals surface area contributed by atoms with Crippen LogP contribution in [-0.2, 0) is 0 Å². The molecule has 1 aliphatic heterocycles. The fourth-order valence-corrected chi connectivity index (χ4v) is 4.67. The number of nitrogens with one attached hydrogen (secondary N) is 3. The molecule has 2 aliphatic rings. The lowest BCUT2D eigenvalue weighted by Crippen LogP contribution is -2.47. The first kappa shape index (κ1) is 23.1. The summed E-state index contributed by atoms with van der Waals surface area (Å²) < 4.78 is 0. The van der Waals surface area contributed by atoms with Gasteiger partial charge in [-0.15, -0.1) is 0 Å². The Morgan fingerprint density at radius 2 is 2.03 bits per heavy atom. The van der Waals surface area contributed by atoms with Gasteiger partial charge in [0, 0.05) is 42.1 Å². The molecule has 4 heteroatoms. The van der Waals surface area contributed by atoms with Crippen LogP contribution in [0.2, 0.25) is 0 Å². The van der Waals surface area contributed by atoms with Gasteiger partial charge in [-0.25, -0.2) is 0 Å². The molecule has 0 amide bonds. The van der Waals surface area contributed by atoms with Crippen LogP contribution in [-0.4, -0.2) is 30.6 Å². The Balaban J connectivity index is 1.46. The molecule has 3 rings (SSSR count). The highest BCUT2D eigenvalue weighted by Crippen LogP contribution is 2.35. The smallest absolute Gasteiger partial charge is 0.0918 e. The van der Waals surface area contributed by atoms with Crippen LogP contribution in [0, 0.1) is 19.8 Å². The summed E-state index contributed by atoms with van der Waals surface area (Å²) in [6.07, 6.45) is 7.94. The van der Waals surface area contributed by atoms with E-state index in [1.807, 2.05) is 0 Å². The molecular weight excluding hydrogens is 380 g/mol. The quantitative estimate of drug-likeness (QED) is 0.455. The number of allylic oxidation sites excluding steroid dienone is 3. The Kier molecular flexibility index (Phi) is 7.89. The lowest BCUT2D eigenvalue weighted by molar-refractivity contribution is 0.220. The predicted octanol–water partition coefficient (Wildman–Crippen LogP) is 5.60.